The van der Waals surface area contributed by atoms with E-state index in [0.717, 1.165) is 53.6 Å². The third-order valence-electron chi connectivity index (χ3n) is 10.6. The largest absolute Gasteiger partial charge is 0.446 e. The van der Waals surface area contributed by atoms with Crippen LogP contribution in [0.5, 0.6) is 0 Å². The number of ether oxygens (including phenoxy) is 1. The summed E-state index contributed by atoms with van der Waals surface area (Å²) in [7, 11) is -3.12. The number of rotatable bonds is 10. The number of carbonyl (C=O) groups excluding carboxylic acids is 2. The molecule has 2 aliphatic rings. The van der Waals surface area contributed by atoms with Crippen LogP contribution in [-0.4, -0.2) is 36.6 Å². The fraction of sp³-hybridized carbons (Fsp3) is 0.350. The molecule has 0 aromatic heterocycles. The SMILES string of the molecule is CC(C)(C[C@H]1CC[C@H]([C@@H](CC(=O)N2C(=O)OC[C@H]2c2ccccc2)c2ccc(F)cc2)CC1)[Si](O)(c1ccccc1)c1ccccc1. The summed E-state index contributed by atoms with van der Waals surface area (Å²) in [4.78, 5) is 40.7. The summed E-state index contributed by atoms with van der Waals surface area (Å²) in [6.45, 7) is 4.59. The lowest BCUT2D eigenvalue weighted by Gasteiger charge is -2.44. The molecule has 47 heavy (non-hydrogen) atoms. The number of amides is 2. The van der Waals surface area contributed by atoms with Crippen molar-refractivity contribution in [1.29, 1.82) is 0 Å². The predicted octanol–water partition coefficient (Wildman–Crippen LogP) is 7.75. The number of hydrogen-bond acceptors (Lipinski definition) is 4. The van der Waals surface area contributed by atoms with Gasteiger partial charge in [-0.05, 0) is 75.7 Å². The van der Waals surface area contributed by atoms with E-state index in [1.165, 1.54) is 17.0 Å². The van der Waals surface area contributed by atoms with Crippen molar-refractivity contribution in [3.05, 3.63) is 132 Å². The zero-order valence-corrected chi connectivity index (χ0v) is 28.2. The topological polar surface area (TPSA) is 66.8 Å². The molecule has 1 aliphatic heterocycles. The van der Waals surface area contributed by atoms with Gasteiger partial charge in [-0.3, -0.25) is 4.79 Å². The number of carbonyl (C=O) groups is 2. The van der Waals surface area contributed by atoms with Gasteiger partial charge in [0.05, 0.1) is 0 Å². The fourth-order valence-corrected chi connectivity index (χ4v) is 12.0. The monoisotopic (exact) mass is 649 g/mol. The molecule has 244 valence electrons. The maximum Gasteiger partial charge on any atom is 0.417 e. The summed E-state index contributed by atoms with van der Waals surface area (Å²) in [5, 5.41) is 1.71. The van der Waals surface area contributed by atoms with Gasteiger partial charge in [0.15, 0.2) is 0 Å². The third-order valence-corrected chi connectivity index (χ3v) is 15.1. The normalized spacial score (nSPS) is 20.9. The van der Waals surface area contributed by atoms with E-state index in [-0.39, 0.29) is 41.6 Å². The molecule has 0 unspecified atom stereocenters. The molecular weight excluding hydrogens is 606 g/mol. The average molecular weight is 650 g/mol. The number of nitrogens with zero attached hydrogens (tertiary/aromatic N) is 1. The lowest BCUT2D eigenvalue weighted by molar-refractivity contribution is -0.130. The standard InChI is InChI=1S/C40H44FNO4Si/c1-40(2,47(45,34-14-8-4-9-15-34)35-16-10-5-11-17-35)27-29-18-20-30(21-19-29)36(31-22-24-33(41)25-23-31)26-38(43)42-37(28-46-39(42)44)32-12-6-3-7-13-32/h3-17,22-25,29-30,36-37,45H,18-21,26-28H2,1-2H3/t29-,30-,36-,37+/m1/s1. The Morgan fingerprint density at radius 3 is 1.94 bits per heavy atom. The minimum Gasteiger partial charge on any atom is -0.446 e. The molecule has 2 atom stereocenters. The maximum absolute atomic E-state index is 14.0. The summed E-state index contributed by atoms with van der Waals surface area (Å²) in [5.74, 6) is -0.0988. The van der Waals surface area contributed by atoms with Crippen LogP contribution in [0.4, 0.5) is 9.18 Å². The molecule has 0 bridgehead atoms. The zero-order chi connectivity index (χ0) is 33.0. The Balaban J connectivity index is 1.20. The summed E-state index contributed by atoms with van der Waals surface area (Å²) in [5.41, 5.74) is 1.78. The highest BCUT2D eigenvalue weighted by Gasteiger charge is 2.51. The van der Waals surface area contributed by atoms with Crippen molar-refractivity contribution in [2.45, 2.75) is 69.4 Å². The van der Waals surface area contributed by atoms with Crippen LogP contribution >= 0.6 is 0 Å². The third kappa shape index (κ3) is 6.83. The Labute approximate surface area is 278 Å². The Kier molecular flexibility index (Phi) is 9.76. The summed E-state index contributed by atoms with van der Waals surface area (Å²) < 4.78 is 19.3. The quantitative estimate of drug-likeness (QED) is 0.179. The number of cyclic esters (lactones) is 1. The first-order chi connectivity index (χ1) is 22.7. The number of imide groups is 1. The van der Waals surface area contributed by atoms with E-state index in [2.05, 4.69) is 38.1 Å². The Bertz CT molecular complexity index is 1600. The zero-order valence-electron chi connectivity index (χ0n) is 27.2. The molecule has 0 radical (unpaired) electrons. The van der Waals surface area contributed by atoms with E-state index in [1.54, 1.807) is 12.1 Å². The van der Waals surface area contributed by atoms with Crippen molar-refractivity contribution in [3.8, 4) is 0 Å². The van der Waals surface area contributed by atoms with Crippen LogP contribution in [0, 0.1) is 17.7 Å². The molecule has 1 N–H and O–H groups in total. The van der Waals surface area contributed by atoms with E-state index in [9.17, 15) is 18.8 Å². The number of halogens is 1. The van der Waals surface area contributed by atoms with E-state index < -0.39 is 20.5 Å². The van der Waals surface area contributed by atoms with Crippen LogP contribution in [-0.2, 0) is 9.53 Å². The van der Waals surface area contributed by atoms with Gasteiger partial charge >= 0.3 is 6.09 Å². The maximum atomic E-state index is 14.0. The summed E-state index contributed by atoms with van der Waals surface area (Å²) in [6, 6.07) is 35.8. The molecule has 1 aliphatic carbocycles. The van der Waals surface area contributed by atoms with Gasteiger partial charge in [-0.1, -0.05) is 130 Å². The predicted molar refractivity (Wildman–Crippen MR) is 185 cm³/mol. The van der Waals surface area contributed by atoms with E-state index in [1.807, 2.05) is 66.7 Å². The van der Waals surface area contributed by atoms with E-state index >= 15 is 0 Å². The first kappa shape index (κ1) is 32.9. The molecule has 1 heterocycles. The first-order valence-corrected chi connectivity index (χ1v) is 18.7. The van der Waals surface area contributed by atoms with E-state index in [0.29, 0.717) is 5.92 Å². The van der Waals surface area contributed by atoms with Crippen LogP contribution in [0.25, 0.3) is 0 Å². The Hall–Kier alpha value is -4.07. The van der Waals surface area contributed by atoms with Crippen molar-refractivity contribution in [1.82, 2.24) is 4.90 Å². The number of hydrogen-bond donors (Lipinski definition) is 1. The van der Waals surface area contributed by atoms with Gasteiger partial charge in [0.1, 0.15) is 18.5 Å². The van der Waals surface area contributed by atoms with Crippen molar-refractivity contribution in [2.24, 2.45) is 11.8 Å². The highest BCUT2D eigenvalue weighted by molar-refractivity contribution is 6.98. The minimum absolute atomic E-state index is 0.137. The van der Waals surface area contributed by atoms with Crippen molar-refractivity contribution >= 4 is 30.7 Å². The second kappa shape index (κ2) is 14.0. The fourth-order valence-electron chi connectivity index (χ4n) is 8.14. The van der Waals surface area contributed by atoms with Crippen LogP contribution in [0.3, 0.4) is 0 Å². The molecule has 2 amide bonds. The molecule has 2 fully saturated rings. The Morgan fingerprint density at radius 1 is 0.851 bits per heavy atom. The van der Waals surface area contributed by atoms with Gasteiger partial charge in [0, 0.05) is 6.42 Å². The van der Waals surface area contributed by atoms with Crippen molar-refractivity contribution in [2.75, 3.05) is 6.61 Å². The molecule has 7 heteroatoms. The highest BCUT2D eigenvalue weighted by atomic mass is 28.4. The van der Waals surface area contributed by atoms with Crippen LogP contribution in [0.1, 0.15) is 75.5 Å². The van der Waals surface area contributed by atoms with Crippen molar-refractivity contribution in [3.63, 3.8) is 0 Å². The van der Waals surface area contributed by atoms with Gasteiger partial charge in [0.2, 0.25) is 5.91 Å². The molecule has 1 saturated carbocycles. The first-order valence-electron chi connectivity index (χ1n) is 16.8. The van der Waals surface area contributed by atoms with E-state index in [4.69, 9.17) is 4.74 Å². The lowest BCUT2D eigenvalue weighted by Crippen LogP contribution is -2.65. The molecule has 6 rings (SSSR count). The van der Waals surface area contributed by atoms with Gasteiger partial charge in [0.25, 0.3) is 8.32 Å². The molecular formula is C40H44FNO4Si. The van der Waals surface area contributed by atoms with Crippen LogP contribution < -0.4 is 10.4 Å². The molecule has 1 saturated heterocycles. The molecule has 0 spiro atoms. The smallest absolute Gasteiger partial charge is 0.417 e. The van der Waals surface area contributed by atoms with Crippen LogP contribution in [0.2, 0.25) is 5.04 Å². The minimum atomic E-state index is -3.12. The van der Waals surface area contributed by atoms with Crippen molar-refractivity contribution < 1.29 is 23.5 Å². The van der Waals surface area contributed by atoms with Gasteiger partial charge in [-0.15, -0.1) is 0 Å². The number of benzene rings is 4. The average Bonchev–Trinajstić information content (AvgIpc) is 3.50. The Morgan fingerprint density at radius 2 is 1.38 bits per heavy atom. The van der Waals surface area contributed by atoms with Gasteiger partial charge < -0.3 is 9.53 Å². The van der Waals surface area contributed by atoms with Gasteiger partial charge in [-0.25, -0.2) is 14.1 Å². The second-order valence-electron chi connectivity index (χ2n) is 13.9. The summed E-state index contributed by atoms with van der Waals surface area (Å²) >= 11 is 0. The molecule has 4 aromatic rings. The highest BCUT2D eigenvalue weighted by Crippen LogP contribution is 2.48. The second-order valence-corrected chi connectivity index (χ2v) is 17.9. The molecule has 5 nitrogen and oxygen atoms in total. The lowest BCUT2D eigenvalue weighted by atomic mass is 9.70. The molecule has 4 aromatic carbocycles. The summed E-state index contributed by atoms with van der Waals surface area (Å²) in [6.07, 6.45) is 4.23. The van der Waals surface area contributed by atoms with Gasteiger partial charge in [-0.2, -0.15) is 0 Å². The van der Waals surface area contributed by atoms with Crippen LogP contribution in [0.15, 0.2) is 115 Å².